The molecule has 2 heteroatoms. The van der Waals surface area contributed by atoms with E-state index in [1.807, 2.05) is 7.05 Å². The monoisotopic (exact) mass is 219 g/mol. The summed E-state index contributed by atoms with van der Waals surface area (Å²) in [7, 11) is 1.97. The van der Waals surface area contributed by atoms with Crippen molar-refractivity contribution in [3.8, 4) is 5.75 Å². The Morgan fingerprint density at radius 2 is 1.94 bits per heavy atom. The summed E-state index contributed by atoms with van der Waals surface area (Å²) in [6, 6.07) is 6.90. The molecule has 2 unspecified atom stereocenters. The predicted molar refractivity (Wildman–Crippen MR) is 67.1 cm³/mol. The highest BCUT2D eigenvalue weighted by Gasteiger charge is 2.14. The zero-order valence-corrected chi connectivity index (χ0v) is 10.4. The Labute approximate surface area is 98.0 Å². The van der Waals surface area contributed by atoms with Crippen LogP contribution in [0.15, 0.2) is 18.2 Å². The van der Waals surface area contributed by atoms with Gasteiger partial charge in [0, 0.05) is 6.04 Å². The van der Waals surface area contributed by atoms with E-state index in [0.29, 0.717) is 6.04 Å². The van der Waals surface area contributed by atoms with Gasteiger partial charge < -0.3 is 10.1 Å². The second-order valence-electron chi connectivity index (χ2n) is 4.68. The van der Waals surface area contributed by atoms with Gasteiger partial charge in [-0.15, -0.1) is 0 Å². The molecule has 0 amide bonds. The molecule has 0 spiro atoms. The third-order valence-electron chi connectivity index (χ3n) is 3.55. The van der Waals surface area contributed by atoms with Crippen molar-refractivity contribution in [1.29, 1.82) is 0 Å². The minimum atomic E-state index is 0.199. The molecule has 0 aromatic heterocycles. The summed E-state index contributed by atoms with van der Waals surface area (Å²) in [6.07, 6.45) is 3.94. The largest absolute Gasteiger partial charge is 0.489 e. The van der Waals surface area contributed by atoms with Gasteiger partial charge in [-0.05, 0) is 63.4 Å². The van der Waals surface area contributed by atoms with Gasteiger partial charge in [0.15, 0.2) is 0 Å². The third-order valence-corrected chi connectivity index (χ3v) is 3.55. The van der Waals surface area contributed by atoms with Crippen LogP contribution in [0.25, 0.3) is 0 Å². The molecule has 0 saturated heterocycles. The molecule has 1 aromatic rings. The number of ether oxygens (including phenoxy) is 1. The number of hydrogen-bond donors (Lipinski definition) is 1. The van der Waals surface area contributed by atoms with Gasteiger partial charge in [0.05, 0.1) is 0 Å². The van der Waals surface area contributed by atoms with Crippen LogP contribution in [0.3, 0.4) is 0 Å². The van der Waals surface area contributed by atoms with Crippen molar-refractivity contribution in [2.24, 2.45) is 0 Å². The highest BCUT2D eigenvalue weighted by Crippen LogP contribution is 2.26. The second-order valence-corrected chi connectivity index (χ2v) is 4.68. The number of benzene rings is 1. The SMILES string of the molecule is CNC(C)C(C)Oc1ccc2c(c1)CCC2. The van der Waals surface area contributed by atoms with E-state index < -0.39 is 0 Å². The van der Waals surface area contributed by atoms with Crippen LogP contribution < -0.4 is 10.1 Å². The fourth-order valence-corrected chi connectivity index (χ4v) is 2.17. The van der Waals surface area contributed by atoms with E-state index in [0.717, 1.165) is 5.75 Å². The molecule has 1 aliphatic rings. The minimum Gasteiger partial charge on any atom is -0.489 e. The molecule has 0 fully saturated rings. The van der Waals surface area contributed by atoms with Crippen molar-refractivity contribution >= 4 is 0 Å². The van der Waals surface area contributed by atoms with Crippen LogP contribution in [0.5, 0.6) is 5.75 Å². The lowest BCUT2D eigenvalue weighted by atomic mass is 10.1. The molecule has 1 aliphatic carbocycles. The lowest BCUT2D eigenvalue weighted by Gasteiger charge is -2.21. The van der Waals surface area contributed by atoms with Crippen molar-refractivity contribution < 1.29 is 4.74 Å². The van der Waals surface area contributed by atoms with E-state index in [1.165, 1.54) is 30.4 Å². The standard InChI is InChI=1S/C14H21NO/c1-10(15-3)11(2)16-14-8-7-12-5-4-6-13(12)9-14/h7-11,15H,4-6H2,1-3H3. The number of nitrogens with one attached hydrogen (secondary N) is 1. The molecule has 88 valence electrons. The van der Waals surface area contributed by atoms with Crippen LogP contribution in [0.2, 0.25) is 0 Å². The maximum atomic E-state index is 5.93. The first kappa shape index (κ1) is 11.5. The van der Waals surface area contributed by atoms with Crippen molar-refractivity contribution in [2.45, 2.75) is 45.3 Å². The van der Waals surface area contributed by atoms with E-state index in [-0.39, 0.29) is 6.10 Å². The molecular weight excluding hydrogens is 198 g/mol. The highest BCUT2D eigenvalue weighted by atomic mass is 16.5. The highest BCUT2D eigenvalue weighted by molar-refractivity contribution is 5.38. The van der Waals surface area contributed by atoms with Crippen molar-refractivity contribution in [3.05, 3.63) is 29.3 Å². The summed E-state index contributed by atoms with van der Waals surface area (Å²) in [6.45, 7) is 4.24. The van der Waals surface area contributed by atoms with Crippen LogP contribution in [0.1, 0.15) is 31.4 Å². The van der Waals surface area contributed by atoms with E-state index in [1.54, 1.807) is 0 Å². The number of likely N-dealkylation sites (N-methyl/N-ethyl adjacent to an activating group) is 1. The molecule has 1 aromatic carbocycles. The summed E-state index contributed by atoms with van der Waals surface area (Å²) in [4.78, 5) is 0. The number of aryl methyl sites for hydroxylation is 2. The Kier molecular flexibility index (Phi) is 3.49. The van der Waals surface area contributed by atoms with E-state index >= 15 is 0 Å². The molecular formula is C14H21NO. The summed E-state index contributed by atoms with van der Waals surface area (Å²) in [5.41, 5.74) is 2.98. The van der Waals surface area contributed by atoms with Crippen LogP contribution in [0, 0.1) is 0 Å². The van der Waals surface area contributed by atoms with Gasteiger partial charge in [-0.1, -0.05) is 6.07 Å². The second kappa shape index (κ2) is 4.88. The molecule has 2 atom stereocenters. The zero-order valence-electron chi connectivity index (χ0n) is 10.4. The van der Waals surface area contributed by atoms with Crippen molar-refractivity contribution in [3.63, 3.8) is 0 Å². The van der Waals surface area contributed by atoms with E-state index in [9.17, 15) is 0 Å². The lowest BCUT2D eigenvalue weighted by molar-refractivity contribution is 0.182. The molecule has 0 aliphatic heterocycles. The van der Waals surface area contributed by atoms with Crippen LogP contribution in [0.4, 0.5) is 0 Å². The summed E-state index contributed by atoms with van der Waals surface area (Å²) >= 11 is 0. The minimum absolute atomic E-state index is 0.199. The normalized spacial score (nSPS) is 17.9. The average molecular weight is 219 g/mol. The molecule has 1 N–H and O–H groups in total. The third kappa shape index (κ3) is 2.38. The molecule has 16 heavy (non-hydrogen) atoms. The zero-order chi connectivity index (χ0) is 11.5. The predicted octanol–water partition coefficient (Wildman–Crippen LogP) is 2.55. The van der Waals surface area contributed by atoms with Gasteiger partial charge in [0.2, 0.25) is 0 Å². The molecule has 0 heterocycles. The lowest BCUT2D eigenvalue weighted by Crippen LogP contribution is -2.36. The maximum absolute atomic E-state index is 5.93. The van der Waals surface area contributed by atoms with E-state index in [4.69, 9.17) is 4.74 Å². The van der Waals surface area contributed by atoms with Gasteiger partial charge in [0.25, 0.3) is 0 Å². The molecule has 2 nitrogen and oxygen atoms in total. The average Bonchev–Trinajstić information content (AvgIpc) is 2.75. The van der Waals surface area contributed by atoms with Crippen molar-refractivity contribution in [2.75, 3.05) is 7.05 Å². The molecule has 0 radical (unpaired) electrons. The first-order valence-electron chi connectivity index (χ1n) is 6.16. The Balaban J connectivity index is 2.05. The first-order valence-corrected chi connectivity index (χ1v) is 6.16. The number of hydrogen-bond acceptors (Lipinski definition) is 2. The van der Waals surface area contributed by atoms with Crippen LogP contribution >= 0.6 is 0 Å². The molecule has 0 saturated carbocycles. The van der Waals surface area contributed by atoms with Crippen LogP contribution in [-0.2, 0) is 12.8 Å². The van der Waals surface area contributed by atoms with Crippen LogP contribution in [-0.4, -0.2) is 19.2 Å². The Morgan fingerprint density at radius 3 is 2.69 bits per heavy atom. The van der Waals surface area contributed by atoms with Gasteiger partial charge in [-0.2, -0.15) is 0 Å². The number of fused-ring (bicyclic) bond motifs is 1. The Hall–Kier alpha value is -1.02. The summed E-state index contributed by atoms with van der Waals surface area (Å²) in [5.74, 6) is 1.01. The van der Waals surface area contributed by atoms with Gasteiger partial charge in [-0.25, -0.2) is 0 Å². The fourth-order valence-electron chi connectivity index (χ4n) is 2.17. The maximum Gasteiger partial charge on any atom is 0.120 e. The van der Waals surface area contributed by atoms with Gasteiger partial charge >= 0.3 is 0 Å². The summed E-state index contributed by atoms with van der Waals surface area (Å²) in [5, 5.41) is 3.21. The smallest absolute Gasteiger partial charge is 0.120 e. The Morgan fingerprint density at radius 1 is 1.19 bits per heavy atom. The molecule has 0 bridgehead atoms. The van der Waals surface area contributed by atoms with Crippen molar-refractivity contribution in [1.82, 2.24) is 5.32 Å². The van der Waals surface area contributed by atoms with E-state index in [2.05, 4.69) is 37.4 Å². The van der Waals surface area contributed by atoms with Gasteiger partial charge in [-0.3, -0.25) is 0 Å². The van der Waals surface area contributed by atoms with Gasteiger partial charge in [0.1, 0.15) is 11.9 Å². The fraction of sp³-hybridized carbons (Fsp3) is 0.571. The number of rotatable bonds is 4. The topological polar surface area (TPSA) is 21.3 Å². The first-order chi connectivity index (χ1) is 7.70. The quantitative estimate of drug-likeness (QED) is 0.840. The summed E-state index contributed by atoms with van der Waals surface area (Å²) < 4.78 is 5.93. The molecule has 2 rings (SSSR count). The Bertz CT molecular complexity index is 362.